The summed E-state index contributed by atoms with van der Waals surface area (Å²) in [5.41, 5.74) is 1.03. The van der Waals surface area contributed by atoms with Crippen molar-refractivity contribution in [1.29, 1.82) is 0 Å². The summed E-state index contributed by atoms with van der Waals surface area (Å²) in [6.07, 6.45) is 0. The van der Waals surface area contributed by atoms with Gasteiger partial charge in [-0.15, -0.1) is 0 Å². The standard InChI is InChI=1S/C22H21N3O7S/c1-14-4-10-18(13-19(14)25(27)28)33(29,30)24-16-7-5-15(6-8-16)22(26)23-17-9-11-20(31-2)21(12-17)32-3/h4-13,24H,1-3H3,(H,23,26). The van der Waals surface area contributed by atoms with Crippen molar-refractivity contribution < 1.29 is 27.6 Å². The number of nitrogens with zero attached hydrogens (tertiary/aromatic N) is 1. The van der Waals surface area contributed by atoms with E-state index >= 15 is 0 Å². The second-order valence-corrected chi connectivity index (χ2v) is 8.59. The number of carbonyl (C=O) groups is 1. The van der Waals surface area contributed by atoms with E-state index in [4.69, 9.17) is 9.47 Å². The van der Waals surface area contributed by atoms with Gasteiger partial charge in [-0.2, -0.15) is 0 Å². The van der Waals surface area contributed by atoms with Gasteiger partial charge in [-0.3, -0.25) is 19.6 Å². The average molecular weight is 471 g/mol. The Morgan fingerprint density at radius 1 is 0.909 bits per heavy atom. The van der Waals surface area contributed by atoms with Crippen LogP contribution in [0.1, 0.15) is 15.9 Å². The average Bonchev–Trinajstić information content (AvgIpc) is 2.79. The number of hydrogen-bond donors (Lipinski definition) is 2. The molecule has 0 saturated carbocycles. The van der Waals surface area contributed by atoms with Crippen molar-refractivity contribution in [1.82, 2.24) is 0 Å². The fraction of sp³-hybridized carbons (Fsp3) is 0.136. The highest BCUT2D eigenvalue weighted by molar-refractivity contribution is 7.92. The zero-order valence-corrected chi connectivity index (χ0v) is 18.8. The third-order valence-electron chi connectivity index (χ3n) is 4.73. The largest absolute Gasteiger partial charge is 0.493 e. The Hall–Kier alpha value is -4.12. The summed E-state index contributed by atoms with van der Waals surface area (Å²) in [5, 5.41) is 13.8. The molecule has 0 unspecified atom stereocenters. The molecule has 0 aliphatic heterocycles. The van der Waals surface area contributed by atoms with Crippen LogP contribution in [0.15, 0.2) is 65.6 Å². The van der Waals surface area contributed by atoms with Crippen molar-refractivity contribution in [3.8, 4) is 11.5 Å². The summed E-state index contributed by atoms with van der Waals surface area (Å²) in [7, 11) is -1.07. The van der Waals surface area contributed by atoms with Crippen molar-refractivity contribution in [3.63, 3.8) is 0 Å². The van der Waals surface area contributed by atoms with E-state index < -0.39 is 20.9 Å². The first-order valence-corrected chi connectivity index (χ1v) is 11.0. The number of hydrogen-bond acceptors (Lipinski definition) is 7. The molecule has 0 aliphatic carbocycles. The number of amides is 1. The minimum atomic E-state index is -4.06. The van der Waals surface area contributed by atoms with Crippen molar-refractivity contribution in [2.75, 3.05) is 24.3 Å². The Morgan fingerprint density at radius 3 is 2.15 bits per heavy atom. The SMILES string of the molecule is COc1ccc(NC(=O)c2ccc(NS(=O)(=O)c3ccc(C)c([N+](=O)[O-])c3)cc2)cc1OC. The van der Waals surface area contributed by atoms with E-state index in [-0.39, 0.29) is 16.3 Å². The van der Waals surface area contributed by atoms with E-state index in [0.29, 0.717) is 28.3 Å². The molecule has 0 aliphatic rings. The number of ether oxygens (including phenoxy) is 2. The second-order valence-electron chi connectivity index (χ2n) is 6.91. The maximum Gasteiger partial charge on any atom is 0.273 e. The van der Waals surface area contributed by atoms with Gasteiger partial charge in [0.05, 0.1) is 24.0 Å². The second kappa shape index (κ2) is 9.57. The molecule has 0 saturated heterocycles. The first-order chi connectivity index (χ1) is 15.6. The Morgan fingerprint density at radius 2 is 1.55 bits per heavy atom. The van der Waals surface area contributed by atoms with Crippen molar-refractivity contribution >= 4 is 33.0 Å². The van der Waals surface area contributed by atoms with Gasteiger partial charge < -0.3 is 14.8 Å². The third-order valence-corrected chi connectivity index (χ3v) is 6.11. The van der Waals surface area contributed by atoms with E-state index in [0.717, 1.165) is 6.07 Å². The van der Waals surface area contributed by atoms with Crippen LogP contribution in [0.4, 0.5) is 17.1 Å². The number of nitro benzene ring substituents is 1. The number of aryl methyl sites for hydroxylation is 1. The minimum Gasteiger partial charge on any atom is -0.493 e. The smallest absolute Gasteiger partial charge is 0.273 e. The van der Waals surface area contributed by atoms with Gasteiger partial charge in [0, 0.05) is 34.6 Å². The molecule has 2 N–H and O–H groups in total. The minimum absolute atomic E-state index is 0.195. The number of sulfonamides is 1. The number of nitrogens with one attached hydrogen (secondary N) is 2. The molecule has 0 heterocycles. The maximum atomic E-state index is 12.6. The molecule has 172 valence electrons. The van der Waals surface area contributed by atoms with Gasteiger partial charge in [0.15, 0.2) is 11.5 Å². The fourth-order valence-electron chi connectivity index (χ4n) is 2.97. The van der Waals surface area contributed by atoms with Crippen LogP contribution < -0.4 is 19.5 Å². The van der Waals surface area contributed by atoms with E-state index in [1.807, 2.05) is 0 Å². The summed E-state index contributed by atoms with van der Waals surface area (Å²) < 4.78 is 38.0. The highest BCUT2D eigenvalue weighted by Crippen LogP contribution is 2.30. The van der Waals surface area contributed by atoms with Gasteiger partial charge in [-0.05, 0) is 49.4 Å². The lowest BCUT2D eigenvalue weighted by Gasteiger charge is -2.11. The zero-order chi connectivity index (χ0) is 24.2. The van der Waals surface area contributed by atoms with Gasteiger partial charge in [-0.25, -0.2) is 8.42 Å². The van der Waals surface area contributed by atoms with E-state index in [1.54, 1.807) is 18.2 Å². The predicted molar refractivity (Wildman–Crippen MR) is 123 cm³/mol. The van der Waals surface area contributed by atoms with Crippen LogP contribution in [0.3, 0.4) is 0 Å². The van der Waals surface area contributed by atoms with Crippen LogP contribution in [-0.2, 0) is 10.0 Å². The first kappa shape index (κ1) is 23.5. The topological polar surface area (TPSA) is 137 Å². The highest BCUT2D eigenvalue weighted by Gasteiger charge is 2.20. The van der Waals surface area contributed by atoms with Crippen LogP contribution in [0.25, 0.3) is 0 Å². The van der Waals surface area contributed by atoms with E-state index in [9.17, 15) is 23.3 Å². The molecular formula is C22H21N3O7S. The van der Waals surface area contributed by atoms with Gasteiger partial charge in [0.25, 0.3) is 21.6 Å². The molecule has 3 aromatic carbocycles. The zero-order valence-electron chi connectivity index (χ0n) is 18.0. The quantitative estimate of drug-likeness (QED) is 0.374. The molecule has 3 rings (SSSR count). The lowest BCUT2D eigenvalue weighted by molar-refractivity contribution is -0.385. The number of rotatable bonds is 8. The highest BCUT2D eigenvalue weighted by atomic mass is 32.2. The Balaban J connectivity index is 1.74. The normalized spacial score (nSPS) is 10.9. The monoisotopic (exact) mass is 471 g/mol. The maximum absolute atomic E-state index is 12.6. The van der Waals surface area contributed by atoms with Gasteiger partial charge >= 0.3 is 0 Å². The molecule has 0 spiro atoms. The summed E-state index contributed by atoms with van der Waals surface area (Å²) >= 11 is 0. The van der Waals surface area contributed by atoms with Gasteiger partial charge in [-0.1, -0.05) is 6.07 Å². The van der Waals surface area contributed by atoms with Gasteiger partial charge in [0.2, 0.25) is 0 Å². The van der Waals surface area contributed by atoms with E-state index in [1.165, 1.54) is 57.5 Å². The summed E-state index contributed by atoms with van der Waals surface area (Å²) in [6, 6.07) is 14.3. The van der Waals surface area contributed by atoms with Crippen LogP contribution in [0.2, 0.25) is 0 Å². The molecule has 0 atom stereocenters. The Bertz CT molecular complexity index is 1310. The van der Waals surface area contributed by atoms with Gasteiger partial charge in [0.1, 0.15) is 0 Å². The van der Waals surface area contributed by atoms with Crippen LogP contribution in [-0.4, -0.2) is 33.5 Å². The van der Waals surface area contributed by atoms with Crippen LogP contribution in [0.5, 0.6) is 11.5 Å². The van der Waals surface area contributed by atoms with Crippen LogP contribution in [0, 0.1) is 17.0 Å². The number of benzene rings is 3. The van der Waals surface area contributed by atoms with Crippen molar-refractivity contribution in [3.05, 3.63) is 81.9 Å². The molecule has 1 amide bonds. The van der Waals surface area contributed by atoms with Crippen molar-refractivity contribution in [2.24, 2.45) is 0 Å². The van der Waals surface area contributed by atoms with Crippen LogP contribution >= 0.6 is 0 Å². The predicted octanol–water partition coefficient (Wildman–Crippen LogP) is 3.97. The fourth-order valence-corrected chi connectivity index (χ4v) is 4.05. The van der Waals surface area contributed by atoms with E-state index in [2.05, 4.69) is 10.0 Å². The molecule has 0 radical (unpaired) electrons. The number of anilines is 2. The summed E-state index contributed by atoms with van der Waals surface area (Å²) in [4.78, 5) is 22.8. The molecular weight excluding hydrogens is 450 g/mol. The summed E-state index contributed by atoms with van der Waals surface area (Å²) in [5.74, 6) is 0.563. The lowest BCUT2D eigenvalue weighted by Crippen LogP contribution is -2.14. The molecule has 0 bridgehead atoms. The molecule has 0 fully saturated rings. The molecule has 10 nitrogen and oxygen atoms in total. The Kier molecular flexibility index (Phi) is 6.83. The third kappa shape index (κ3) is 5.39. The molecule has 11 heteroatoms. The number of carbonyl (C=O) groups excluding carboxylic acids is 1. The number of nitro groups is 1. The van der Waals surface area contributed by atoms with Crippen molar-refractivity contribution in [2.45, 2.75) is 11.8 Å². The first-order valence-electron chi connectivity index (χ1n) is 9.56. The lowest BCUT2D eigenvalue weighted by atomic mass is 10.2. The number of methoxy groups -OCH3 is 2. The molecule has 33 heavy (non-hydrogen) atoms. The molecule has 0 aromatic heterocycles. The molecule has 3 aromatic rings. The Labute approximate surface area is 190 Å². The summed E-state index contributed by atoms with van der Waals surface area (Å²) in [6.45, 7) is 1.52.